The molecule has 0 spiro atoms. The maximum atomic E-state index is 6.36. The molecule has 0 saturated heterocycles. The molecule has 1 aromatic heterocycles. The van der Waals surface area contributed by atoms with Gasteiger partial charge in [-0.15, -0.1) is 11.3 Å². The highest BCUT2D eigenvalue weighted by Gasteiger charge is 2.21. The van der Waals surface area contributed by atoms with E-state index in [0.29, 0.717) is 0 Å². The Hall–Kier alpha value is -0.560. The lowest BCUT2D eigenvalue weighted by molar-refractivity contribution is 0.382. The molecule has 3 nitrogen and oxygen atoms in total. The monoisotopic (exact) mass is 405 g/mol. The van der Waals surface area contributed by atoms with Crippen LogP contribution in [0.4, 0.5) is 0 Å². The summed E-state index contributed by atoms with van der Waals surface area (Å²) in [5, 5.41) is 0. The highest BCUT2D eigenvalue weighted by molar-refractivity contribution is 9.13. The van der Waals surface area contributed by atoms with Crippen LogP contribution >= 0.6 is 43.2 Å². The van der Waals surface area contributed by atoms with Gasteiger partial charge in [-0.25, -0.2) is 0 Å². The zero-order valence-electron chi connectivity index (χ0n) is 10.4. The molecule has 0 bridgehead atoms. The SMILES string of the molecule is COc1cccc(OC)c1C(N)c1cc(Br)c(Br)s1. The predicted octanol–water partition coefficient (Wildman–Crippen LogP) is 4.34. The Labute approximate surface area is 133 Å². The number of nitrogens with two attached hydrogens (primary N) is 1. The smallest absolute Gasteiger partial charge is 0.127 e. The number of rotatable bonds is 4. The lowest BCUT2D eigenvalue weighted by Crippen LogP contribution is -2.13. The van der Waals surface area contributed by atoms with E-state index in [4.69, 9.17) is 15.2 Å². The molecule has 0 saturated carbocycles. The van der Waals surface area contributed by atoms with Crippen molar-refractivity contribution in [1.29, 1.82) is 0 Å². The summed E-state index contributed by atoms with van der Waals surface area (Å²) in [6.45, 7) is 0. The first-order valence-electron chi connectivity index (χ1n) is 5.49. The summed E-state index contributed by atoms with van der Waals surface area (Å²) in [7, 11) is 3.26. The molecule has 0 amide bonds. The second kappa shape index (κ2) is 6.26. The van der Waals surface area contributed by atoms with E-state index in [2.05, 4.69) is 31.9 Å². The van der Waals surface area contributed by atoms with Crippen molar-refractivity contribution in [3.63, 3.8) is 0 Å². The Morgan fingerprint density at radius 1 is 1.16 bits per heavy atom. The highest BCUT2D eigenvalue weighted by atomic mass is 79.9. The van der Waals surface area contributed by atoms with Crippen LogP contribution in [-0.4, -0.2) is 14.2 Å². The molecule has 2 rings (SSSR count). The van der Waals surface area contributed by atoms with Crippen molar-refractivity contribution < 1.29 is 9.47 Å². The number of halogens is 2. The minimum Gasteiger partial charge on any atom is -0.496 e. The summed E-state index contributed by atoms with van der Waals surface area (Å²) in [5.41, 5.74) is 7.22. The van der Waals surface area contributed by atoms with Gasteiger partial charge in [-0.2, -0.15) is 0 Å². The van der Waals surface area contributed by atoms with E-state index in [1.807, 2.05) is 24.3 Å². The summed E-state index contributed by atoms with van der Waals surface area (Å²) in [6.07, 6.45) is 0. The molecule has 1 unspecified atom stereocenters. The largest absolute Gasteiger partial charge is 0.496 e. The van der Waals surface area contributed by atoms with Crippen LogP contribution < -0.4 is 15.2 Å². The van der Waals surface area contributed by atoms with Crippen LogP contribution in [0, 0.1) is 0 Å². The average molecular weight is 407 g/mol. The molecule has 0 aliphatic heterocycles. The van der Waals surface area contributed by atoms with Crippen LogP contribution in [-0.2, 0) is 0 Å². The van der Waals surface area contributed by atoms with E-state index in [1.165, 1.54) is 0 Å². The number of benzene rings is 1. The minimum absolute atomic E-state index is 0.293. The fourth-order valence-electron chi connectivity index (χ4n) is 1.85. The summed E-state index contributed by atoms with van der Waals surface area (Å²) >= 11 is 8.54. The van der Waals surface area contributed by atoms with Gasteiger partial charge in [0.25, 0.3) is 0 Å². The third-order valence-corrected chi connectivity index (χ3v) is 6.09. The van der Waals surface area contributed by atoms with Gasteiger partial charge < -0.3 is 15.2 Å². The number of hydrogen-bond donors (Lipinski definition) is 1. The molecule has 0 aliphatic carbocycles. The maximum absolute atomic E-state index is 6.36. The molecular formula is C13H13Br2NO2S. The summed E-state index contributed by atoms with van der Waals surface area (Å²) in [6, 6.07) is 7.36. The zero-order chi connectivity index (χ0) is 14.0. The Morgan fingerprint density at radius 3 is 2.16 bits per heavy atom. The van der Waals surface area contributed by atoms with E-state index >= 15 is 0 Å². The molecule has 0 radical (unpaired) electrons. The van der Waals surface area contributed by atoms with Crippen LogP contribution in [0.1, 0.15) is 16.5 Å². The third kappa shape index (κ3) is 2.97. The molecule has 0 aliphatic rings. The summed E-state index contributed by atoms with van der Waals surface area (Å²) in [4.78, 5) is 1.03. The van der Waals surface area contributed by atoms with Crippen molar-refractivity contribution in [3.05, 3.63) is 43.0 Å². The lowest BCUT2D eigenvalue weighted by Gasteiger charge is -2.17. The Morgan fingerprint density at radius 2 is 1.74 bits per heavy atom. The summed E-state index contributed by atoms with van der Waals surface area (Å²) < 4.78 is 12.8. The number of thiophene rings is 1. The quantitative estimate of drug-likeness (QED) is 0.821. The van der Waals surface area contributed by atoms with Gasteiger partial charge in [0.1, 0.15) is 11.5 Å². The zero-order valence-corrected chi connectivity index (χ0v) is 14.4. The normalized spacial score (nSPS) is 12.3. The van der Waals surface area contributed by atoms with E-state index in [9.17, 15) is 0 Å². The van der Waals surface area contributed by atoms with E-state index in [0.717, 1.165) is 30.2 Å². The van der Waals surface area contributed by atoms with E-state index < -0.39 is 0 Å². The first kappa shape index (κ1) is 14.8. The average Bonchev–Trinajstić information content (AvgIpc) is 2.76. The second-order valence-corrected chi connectivity index (χ2v) is 7.08. The lowest BCUT2D eigenvalue weighted by atomic mass is 10.0. The molecular weight excluding hydrogens is 394 g/mol. The van der Waals surface area contributed by atoms with Crippen LogP contribution in [0.2, 0.25) is 0 Å². The first-order chi connectivity index (χ1) is 9.08. The van der Waals surface area contributed by atoms with E-state index in [1.54, 1.807) is 25.6 Å². The van der Waals surface area contributed by atoms with Crippen molar-refractivity contribution in [2.24, 2.45) is 5.73 Å². The van der Waals surface area contributed by atoms with Crippen molar-refractivity contribution in [2.45, 2.75) is 6.04 Å². The molecule has 1 heterocycles. The molecule has 0 fully saturated rings. The van der Waals surface area contributed by atoms with Crippen molar-refractivity contribution in [2.75, 3.05) is 14.2 Å². The molecule has 6 heteroatoms. The molecule has 19 heavy (non-hydrogen) atoms. The maximum Gasteiger partial charge on any atom is 0.127 e. The summed E-state index contributed by atoms with van der Waals surface area (Å²) in [5.74, 6) is 1.46. The van der Waals surface area contributed by atoms with Crippen molar-refractivity contribution in [1.82, 2.24) is 0 Å². The number of hydrogen-bond acceptors (Lipinski definition) is 4. The predicted molar refractivity (Wildman–Crippen MR) is 85.3 cm³/mol. The number of ether oxygens (including phenoxy) is 2. The van der Waals surface area contributed by atoms with Gasteiger partial charge in [0.2, 0.25) is 0 Å². The fraction of sp³-hybridized carbons (Fsp3) is 0.231. The van der Waals surface area contributed by atoms with Crippen LogP contribution in [0.5, 0.6) is 11.5 Å². The van der Waals surface area contributed by atoms with Gasteiger partial charge in [0.05, 0.1) is 29.6 Å². The first-order valence-corrected chi connectivity index (χ1v) is 7.90. The van der Waals surface area contributed by atoms with Crippen LogP contribution in [0.15, 0.2) is 32.5 Å². The Bertz CT molecular complexity index is 544. The second-order valence-electron chi connectivity index (χ2n) is 3.82. The standard InChI is InChI=1S/C13H13Br2NO2S/c1-17-8-4-3-5-9(18-2)11(8)12(16)10-6-7(14)13(15)19-10/h3-6,12H,16H2,1-2H3. The molecule has 1 atom stereocenters. The van der Waals surface area contributed by atoms with Crippen LogP contribution in [0.25, 0.3) is 0 Å². The highest BCUT2D eigenvalue weighted by Crippen LogP contribution is 2.41. The Balaban J connectivity index is 2.50. The van der Waals surface area contributed by atoms with Gasteiger partial charge in [0.15, 0.2) is 0 Å². The minimum atomic E-state index is -0.293. The van der Waals surface area contributed by atoms with Gasteiger partial charge in [0, 0.05) is 9.35 Å². The van der Waals surface area contributed by atoms with Crippen molar-refractivity contribution in [3.8, 4) is 11.5 Å². The van der Waals surface area contributed by atoms with Gasteiger partial charge in [-0.1, -0.05) is 6.07 Å². The number of methoxy groups -OCH3 is 2. The van der Waals surface area contributed by atoms with E-state index in [-0.39, 0.29) is 6.04 Å². The molecule has 102 valence electrons. The van der Waals surface area contributed by atoms with Gasteiger partial charge in [-0.05, 0) is 50.1 Å². The van der Waals surface area contributed by atoms with Crippen LogP contribution in [0.3, 0.4) is 0 Å². The van der Waals surface area contributed by atoms with Gasteiger partial charge >= 0.3 is 0 Å². The fourth-order valence-corrected chi connectivity index (χ4v) is 3.95. The molecule has 2 aromatic rings. The Kier molecular flexibility index (Phi) is 4.89. The van der Waals surface area contributed by atoms with Gasteiger partial charge in [-0.3, -0.25) is 0 Å². The topological polar surface area (TPSA) is 44.5 Å². The molecule has 2 N–H and O–H groups in total. The molecule has 1 aromatic carbocycles. The van der Waals surface area contributed by atoms with Crippen molar-refractivity contribution >= 4 is 43.2 Å². The third-order valence-electron chi connectivity index (χ3n) is 2.75.